The van der Waals surface area contributed by atoms with Crippen LogP contribution < -0.4 is 4.90 Å². The van der Waals surface area contributed by atoms with Crippen molar-refractivity contribution in [1.29, 1.82) is 0 Å². The Bertz CT molecular complexity index is 515. The Kier molecular flexibility index (Phi) is 5.16. The van der Waals surface area contributed by atoms with Crippen molar-refractivity contribution < 1.29 is 15.0 Å². The van der Waals surface area contributed by atoms with Crippen molar-refractivity contribution in [3.05, 3.63) is 23.3 Å². The number of aromatic hydroxyl groups is 1. The summed E-state index contributed by atoms with van der Waals surface area (Å²) < 4.78 is 0. The van der Waals surface area contributed by atoms with E-state index in [0.29, 0.717) is 12.3 Å². The van der Waals surface area contributed by atoms with Gasteiger partial charge in [-0.2, -0.15) is 0 Å². The Morgan fingerprint density at radius 1 is 1.05 bits per heavy atom. The second-order valence-corrected chi connectivity index (χ2v) is 7.80. The van der Waals surface area contributed by atoms with E-state index in [2.05, 4.69) is 0 Å². The summed E-state index contributed by atoms with van der Waals surface area (Å²) in [5.74, 6) is -0.542. The SMILES string of the molecule is CCN(CC(=O)O)c1cc(C(C)(C)C)c(O)c(C(C)(C)C)c1. The third-order valence-corrected chi connectivity index (χ3v) is 3.78. The van der Waals surface area contributed by atoms with Crippen LogP contribution in [0.5, 0.6) is 5.75 Å². The first-order chi connectivity index (χ1) is 9.87. The predicted molar refractivity (Wildman–Crippen MR) is 91.0 cm³/mol. The highest BCUT2D eigenvalue weighted by Crippen LogP contribution is 2.41. The molecule has 0 aliphatic carbocycles. The number of likely N-dealkylation sites (N-methyl/N-ethyl adjacent to an activating group) is 1. The van der Waals surface area contributed by atoms with Gasteiger partial charge >= 0.3 is 5.97 Å². The first-order valence-electron chi connectivity index (χ1n) is 7.72. The van der Waals surface area contributed by atoms with Crippen molar-refractivity contribution in [2.45, 2.75) is 59.3 Å². The molecular weight excluding hydrogens is 278 g/mol. The zero-order valence-corrected chi connectivity index (χ0v) is 14.8. The number of anilines is 1. The third-order valence-electron chi connectivity index (χ3n) is 3.78. The van der Waals surface area contributed by atoms with E-state index in [0.717, 1.165) is 16.8 Å². The highest BCUT2D eigenvalue weighted by molar-refractivity contribution is 5.74. The van der Waals surface area contributed by atoms with Crippen LogP contribution in [0.25, 0.3) is 0 Å². The molecule has 0 bridgehead atoms. The van der Waals surface area contributed by atoms with Gasteiger partial charge in [-0.15, -0.1) is 0 Å². The second-order valence-electron chi connectivity index (χ2n) is 7.80. The van der Waals surface area contributed by atoms with Crippen LogP contribution in [0.3, 0.4) is 0 Å². The van der Waals surface area contributed by atoms with Crippen molar-refractivity contribution in [3.63, 3.8) is 0 Å². The number of carboxylic acids is 1. The van der Waals surface area contributed by atoms with Gasteiger partial charge in [-0.3, -0.25) is 4.79 Å². The molecule has 0 spiro atoms. The standard InChI is InChI=1S/C18H29NO3/c1-8-19(11-15(20)21)12-9-13(17(2,3)4)16(22)14(10-12)18(5,6)7/h9-10,22H,8,11H2,1-7H3,(H,20,21). The summed E-state index contributed by atoms with van der Waals surface area (Å²) in [4.78, 5) is 12.9. The number of phenolic OH excluding ortho intramolecular Hbond substituents is 1. The van der Waals surface area contributed by atoms with Crippen molar-refractivity contribution in [2.24, 2.45) is 0 Å². The van der Waals surface area contributed by atoms with Crippen molar-refractivity contribution in [3.8, 4) is 5.75 Å². The number of phenols is 1. The zero-order chi connectivity index (χ0) is 17.3. The van der Waals surface area contributed by atoms with E-state index in [-0.39, 0.29) is 17.4 Å². The van der Waals surface area contributed by atoms with Crippen molar-refractivity contribution in [1.82, 2.24) is 0 Å². The monoisotopic (exact) mass is 307 g/mol. The molecule has 4 nitrogen and oxygen atoms in total. The lowest BCUT2D eigenvalue weighted by molar-refractivity contribution is -0.135. The fraction of sp³-hybridized carbons (Fsp3) is 0.611. The maximum Gasteiger partial charge on any atom is 0.323 e. The van der Waals surface area contributed by atoms with E-state index in [9.17, 15) is 9.90 Å². The molecule has 0 aliphatic heterocycles. The van der Waals surface area contributed by atoms with Crippen LogP contribution in [-0.2, 0) is 15.6 Å². The lowest BCUT2D eigenvalue weighted by atomic mass is 9.79. The summed E-state index contributed by atoms with van der Waals surface area (Å²) in [7, 11) is 0. The van der Waals surface area contributed by atoms with Crippen LogP contribution in [0.1, 0.15) is 59.6 Å². The molecule has 1 rings (SSSR count). The zero-order valence-electron chi connectivity index (χ0n) is 14.8. The lowest BCUT2D eigenvalue weighted by Gasteiger charge is -2.31. The molecule has 0 aliphatic rings. The molecule has 2 N–H and O–H groups in total. The van der Waals surface area contributed by atoms with Crippen LogP contribution in [0.4, 0.5) is 5.69 Å². The van der Waals surface area contributed by atoms with Crippen LogP contribution in [-0.4, -0.2) is 29.3 Å². The Hall–Kier alpha value is -1.71. The quantitative estimate of drug-likeness (QED) is 0.885. The number of aliphatic carboxylic acids is 1. The number of hydrogen-bond acceptors (Lipinski definition) is 3. The average molecular weight is 307 g/mol. The van der Waals surface area contributed by atoms with Gasteiger partial charge in [0.25, 0.3) is 0 Å². The molecule has 0 atom stereocenters. The largest absolute Gasteiger partial charge is 0.507 e. The molecule has 22 heavy (non-hydrogen) atoms. The van der Waals surface area contributed by atoms with Gasteiger partial charge in [0.2, 0.25) is 0 Å². The Labute approximate surface area is 133 Å². The van der Waals surface area contributed by atoms with Crippen LogP contribution in [0.15, 0.2) is 12.1 Å². The molecule has 0 saturated heterocycles. The Balaban J connectivity index is 3.56. The summed E-state index contributed by atoms with van der Waals surface area (Å²) in [6, 6.07) is 3.83. The summed E-state index contributed by atoms with van der Waals surface area (Å²) in [5.41, 5.74) is 2.10. The molecule has 4 heteroatoms. The fourth-order valence-electron chi connectivity index (χ4n) is 2.49. The number of rotatable bonds is 4. The van der Waals surface area contributed by atoms with Gasteiger partial charge in [0, 0.05) is 23.4 Å². The van der Waals surface area contributed by atoms with E-state index in [4.69, 9.17) is 5.11 Å². The molecule has 0 aromatic heterocycles. The number of carboxylic acid groups (broad SMARTS) is 1. The van der Waals surface area contributed by atoms with Gasteiger partial charge in [0.1, 0.15) is 12.3 Å². The highest BCUT2D eigenvalue weighted by atomic mass is 16.4. The first kappa shape index (κ1) is 18.3. The average Bonchev–Trinajstić information content (AvgIpc) is 2.33. The molecule has 0 unspecified atom stereocenters. The minimum Gasteiger partial charge on any atom is -0.507 e. The summed E-state index contributed by atoms with van der Waals surface area (Å²) >= 11 is 0. The van der Waals surface area contributed by atoms with Crippen LogP contribution in [0.2, 0.25) is 0 Å². The van der Waals surface area contributed by atoms with Gasteiger partial charge in [-0.1, -0.05) is 41.5 Å². The van der Waals surface area contributed by atoms with Gasteiger partial charge in [0.15, 0.2) is 0 Å². The minimum absolute atomic E-state index is 0.0472. The van der Waals surface area contributed by atoms with Crippen LogP contribution in [0, 0.1) is 0 Å². The van der Waals surface area contributed by atoms with Gasteiger partial charge in [-0.25, -0.2) is 0 Å². The predicted octanol–water partition coefficient (Wildman–Crippen LogP) is 3.90. The van der Waals surface area contributed by atoms with E-state index in [1.54, 1.807) is 0 Å². The number of carbonyl (C=O) groups is 1. The number of hydrogen-bond donors (Lipinski definition) is 2. The highest BCUT2D eigenvalue weighted by Gasteiger charge is 2.27. The van der Waals surface area contributed by atoms with E-state index in [1.807, 2.05) is 65.5 Å². The number of nitrogens with zero attached hydrogens (tertiary/aromatic N) is 1. The smallest absolute Gasteiger partial charge is 0.323 e. The minimum atomic E-state index is -0.857. The van der Waals surface area contributed by atoms with Crippen molar-refractivity contribution >= 4 is 11.7 Å². The molecule has 0 heterocycles. The molecule has 0 fully saturated rings. The fourth-order valence-corrected chi connectivity index (χ4v) is 2.49. The molecular formula is C18H29NO3. The summed E-state index contributed by atoms with van der Waals surface area (Å²) in [6.45, 7) is 14.8. The first-order valence-corrected chi connectivity index (χ1v) is 7.72. The Morgan fingerprint density at radius 3 is 1.73 bits per heavy atom. The molecule has 0 saturated carbocycles. The Morgan fingerprint density at radius 2 is 1.45 bits per heavy atom. The normalized spacial score (nSPS) is 12.3. The van der Waals surface area contributed by atoms with E-state index >= 15 is 0 Å². The maximum atomic E-state index is 11.1. The maximum absolute atomic E-state index is 11.1. The van der Waals surface area contributed by atoms with E-state index in [1.165, 1.54) is 0 Å². The molecule has 124 valence electrons. The lowest BCUT2D eigenvalue weighted by Crippen LogP contribution is -2.30. The molecule has 1 aromatic rings. The topological polar surface area (TPSA) is 60.8 Å². The van der Waals surface area contributed by atoms with Crippen molar-refractivity contribution in [2.75, 3.05) is 18.0 Å². The summed E-state index contributed by atoms with van der Waals surface area (Å²) in [5, 5.41) is 19.8. The molecule has 1 aromatic carbocycles. The summed E-state index contributed by atoms with van der Waals surface area (Å²) in [6.07, 6.45) is 0. The molecule has 0 radical (unpaired) electrons. The van der Waals surface area contributed by atoms with Crippen LogP contribution >= 0.6 is 0 Å². The number of benzene rings is 1. The van der Waals surface area contributed by atoms with Gasteiger partial charge < -0.3 is 15.1 Å². The second kappa shape index (κ2) is 6.19. The van der Waals surface area contributed by atoms with Gasteiger partial charge in [-0.05, 0) is 29.9 Å². The van der Waals surface area contributed by atoms with E-state index < -0.39 is 5.97 Å². The molecule has 0 amide bonds. The van der Waals surface area contributed by atoms with Gasteiger partial charge in [0.05, 0.1) is 0 Å². The third kappa shape index (κ3) is 4.15.